The second-order valence-corrected chi connectivity index (χ2v) is 8.07. The number of phenolic OH excluding ortho intramolecular Hbond substituents is 1. The van der Waals surface area contributed by atoms with Crippen LogP contribution in [-0.2, 0) is 5.41 Å². The third-order valence-electron chi connectivity index (χ3n) is 6.25. The van der Waals surface area contributed by atoms with Crippen LogP contribution in [0.15, 0.2) is 48.5 Å². The molecule has 2 aromatic carbocycles. The zero-order valence-corrected chi connectivity index (χ0v) is 18.0. The molecule has 2 aromatic rings. The Morgan fingerprint density at radius 1 is 1.07 bits per heavy atom. The van der Waals surface area contributed by atoms with Gasteiger partial charge in [-0.05, 0) is 81.6 Å². The molecule has 1 fully saturated rings. The lowest BCUT2D eigenvalue weighted by molar-refractivity contribution is 0.0773. The van der Waals surface area contributed by atoms with Crippen molar-refractivity contribution < 1.29 is 9.90 Å². The van der Waals surface area contributed by atoms with E-state index < -0.39 is 0 Å². The number of carbonyl (C=O) groups is 1. The summed E-state index contributed by atoms with van der Waals surface area (Å²) in [5.41, 5.74) is 2.95. The van der Waals surface area contributed by atoms with Gasteiger partial charge in [0.15, 0.2) is 0 Å². The fourth-order valence-electron chi connectivity index (χ4n) is 4.72. The van der Waals surface area contributed by atoms with Gasteiger partial charge >= 0.3 is 0 Å². The molecule has 1 unspecified atom stereocenters. The largest absolute Gasteiger partial charge is 0.508 e. The lowest BCUT2D eigenvalue weighted by Gasteiger charge is -2.44. The Hall–Kier alpha value is -2.33. The Balaban J connectivity index is 2.00. The molecule has 1 heterocycles. The summed E-state index contributed by atoms with van der Waals surface area (Å²) in [6, 6.07) is 15.9. The fraction of sp³-hybridized carbons (Fsp3) is 0.480. The molecule has 29 heavy (non-hydrogen) atoms. The van der Waals surface area contributed by atoms with Gasteiger partial charge < -0.3 is 14.9 Å². The number of rotatable bonds is 7. The van der Waals surface area contributed by atoms with Crippen LogP contribution in [0.5, 0.6) is 5.75 Å². The average Bonchev–Trinajstić information content (AvgIpc) is 2.75. The first-order valence-electron chi connectivity index (χ1n) is 11.0. The molecule has 1 atom stereocenters. The highest BCUT2D eigenvalue weighted by Gasteiger charge is 2.38. The number of piperidine rings is 1. The van der Waals surface area contributed by atoms with Gasteiger partial charge in [-0.1, -0.05) is 31.2 Å². The van der Waals surface area contributed by atoms with Crippen molar-refractivity contribution in [2.45, 2.75) is 45.4 Å². The molecular formula is C25H34N2O2. The number of nitrogens with zero attached hydrogens (tertiary/aromatic N) is 2. The van der Waals surface area contributed by atoms with Crippen LogP contribution >= 0.6 is 0 Å². The van der Waals surface area contributed by atoms with Crippen molar-refractivity contribution in [3.8, 4) is 5.75 Å². The molecule has 0 aliphatic carbocycles. The van der Waals surface area contributed by atoms with Gasteiger partial charge in [-0.25, -0.2) is 0 Å². The van der Waals surface area contributed by atoms with Crippen LogP contribution in [0.3, 0.4) is 0 Å². The predicted molar refractivity (Wildman–Crippen MR) is 119 cm³/mol. The van der Waals surface area contributed by atoms with Gasteiger partial charge in [0.1, 0.15) is 5.75 Å². The second-order valence-electron chi connectivity index (χ2n) is 8.07. The van der Waals surface area contributed by atoms with Crippen LogP contribution in [0.4, 0.5) is 0 Å². The maximum atomic E-state index is 12.7. The zero-order chi connectivity index (χ0) is 20.9. The Morgan fingerprint density at radius 2 is 1.79 bits per heavy atom. The third kappa shape index (κ3) is 4.48. The van der Waals surface area contributed by atoms with Crippen molar-refractivity contribution in [2.24, 2.45) is 0 Å². The number of likely N-dealkylation sites (tertiary alicyclic amines) is 1. The summed E-state index contributed by atoms with van der Waals surface area (Å²) >= 11 is 0. The molecule has 0 spiro atoms. The Labute approximate surface area is 175 Å². The van der Waals surface area contributed by atoms with Crippen molar-refractivity contribution in [3.63, 3.8) is 0 Å². The van der Waals surface area contributed by atoms with E-state index in [9.17, 15) is 9.90 Å². The van der Waals surface area contributed by atoms with Crippen LogP contribution < -0.4 is 0 Å². The van der Waals surface area contributed by atoms with Gasteiger partial charge in [-0.2, -0.15) is 0 Å². The molecule has 1 N–H and O–H groups in total. The molecule has 1 aliphatic rings. The molecular weight excluding hydrogens is 360 g/mol. The molecule has 0 radical (unpaired) electrons. The number of amides is 1. The standard InChI is InChI=1S/C25H34N2O2/c1-4-16-26-17-8-15-25(19-26,22-9-7-10-23(28)18-22)21-13-11-20(12-14-21)24(29)27(5-2)6-3/h7,9-14,18,28H,4-6,8,15-17,19H2,1-3H3. The van der Waals surface area contributed by atoms with E-state index in [0.29, 0.717) is 5.75 Å². The quantitative estimate of drug-likeness (QED) is 0.742. The molecule has 1 saturated heterocycles. The van der Waals surface area contributed by atoms with E-state index in [-0.39, 0.29) is 11.3 Å². The number of benzene rings is 2. The number of hydrogen-bond donors (Lipinski definition) is 1. The lowest BCUT2D eigenvalue weighted by Crippen LogP contribution is -2.47. The van der Waals surface area contributed by atoms with Gasteiger partial charge in [0.05, 0.1) is 0 Å². The summed E-state index contributed by atoms with van der Waals surface area (Å²) in [7, 11) is 0. The normalized spacial score (nSPS) is 19.8. The zero-order valence-electron chi connectivity index (χ0n) is 18.0. The van der Waals surface area contributed by atoms with Gasteiger partial charge in [0.2, 0.25) is 0 Å². The van der Waals surface area contributed by atoms with Gasteiger partial charge in [0.25, 0.3) is 5.91 Å². The number of aromatic hydroxyl groups is 1. The summed E-state index contributed by atoms with van der Waals surface area (Å²) < 4.78 is 0. The molecule has 1 amide bonds. The maximum absolute atomic E-state index is 12.7. The van der Waals surface area contributed by atoms with Gasteiger partial charge in [-0.3, -0.25) is 4.79 Å². The summed E-state index contributed by atoms with van der Waals surface area (Å²) in [6.45, 7) is 10.8. The summed E-state index contributed by atoms with van der Waals surface area (Å²) in [4.78, 5) is 17.1. The van der Waals surface area contributed by atoms with E-state index in [1.165, 1.54) is 5.56 Å². The van der Waals surface area contributed by atoms with Crippen molar-refractivity contribution in [2.75, 3.05) is 32.7 Å². The number of hydrogen-bond acceptors (Lipinski definition) is 3. The number of carbonyl (C=O) groups excluding carboxylic acids is 1. The molecule has 3 rings (SSSR count). The molecule has 0 bridgehead atoms. The van der Waals surface area contributed by atoms with Gasteiger partial charge in [-0.15, -0.1) is 0 Å². The topological polar surface area (TPSA) is 43.8 Å². The van der Waals surface area contributed by atoms with E-state index >= 15 is 0 Å². The summed E-state index contributed by atoms with van der Waals surface area (Å²) in [5, 5.41) is 10.1. The lowest BCUT2D eigenvalue weighted by atomic mass is 9.69. The summed E-state index contributed by atoms with van der Waals surface area (Å²) in [5.74, 6) is 0.395. The van der Waals surface area contributed by atoms with E-state index in [2.05, 4.69) is 30.0 Å². The molecule has 1 aliphatic heterocycles. The minimum Gasteiger partial charge on any atom is -0.508 e. The van der Waals surface area contributed by atoms with Crippen LogP contribution in [-0.4, -0.2) is 53.5 Å². The smallest absolute Gasteiger partial charge is 0.253 e. The highest BCUT2D eigenvalue weighted by Crippen LogP contribution is 2.41. The first-order chi connectivity index (χ1) is 14.0. The van der Waals surface area contributed by atoms with Crippen LogP contribution in [0.1, 0.15) is 61.5 Å². The Morgan fingerprint density at radius 3 is 2.41 bits per heavy atom. The first-order valence-corrected chi connectivity index (χ1v) is 11.0. The molecule has 4 heteroatoms. The maximum Gasteiger partial charge on any atom is 0.253 e. The third-order valence-corrected chi connectivity index (χ3v) is 6.25. The fourth-order valence-corrected chi connectivity index (χ4v) is 4.72. The predicted octanol–water partition coefficient (Wildman–Crippen LogP) is 4.67. The second kappa shape index (κ2) is 9.45. The van der Waals surface area contributed by atoms with Gasteiger partial charge in [0, 0.05) is 30.6 Å². The summed E-state index contributed by atoms with van der Waals surface area (Å²) in [6.07, 6.45) is 3.29. The van der Waals surface area contributed by atoms with E-state index in [4.69, 9.17) is 0 Å². The molecule has 0 aromatic heterocycles. The molecule has 4 nitrogen and oxygen atoms in total. The minimum absolute atomic E-state index is 0.0872. The van der Waals surface area contributed by atoms with Crippen LogP contribution in [0, 0.1) is 0 Å². The molecule has 156 valence electrons. The van der Waals surface area contributed by atoms with Crippen molar-refractivity contribution in [1.29, 1.82) is 0 Å². The van der Waals surface area contributed by atoms with E-state index in [1.54, 1.807) is 6.07 Å². The van der Waals surface area contributed by atoms with Crippen molar-refractivity contribution in [1.82, 2.24) is 9.80 Å². The van der Waals surface area contributed by atoms with E-state index in [1.807, 2.05) is 43.0 Å². The number of phenols is 1. The SMILES string of the molecule is CCCN1CCCC(c2ccc(C(=O)N(CC)CC)cc2)(c2cccc(O)c2)C1. The van der Waals surface area contributed by atoms with Crippen molar-refractivity contribution in [3.05, 3.63) is 65.2 Å². The minimum atomic E-state index is -0.164. The first kappa shape index (κ1) is 21.4. The highest BCUT2D eigenvalue weighted by molar-refractivity contribution is 5.94. The van der Waals surface area contributed by atoms with Crippen molar-refractivity contribution >= 4 is 5.91 Å². The van der Waals surface area contributed by atoms with Crippen LogP contribution in [0.25, 0.3) is 0 Å². The van der Waals surface area contributed by atoms with E-state index in [0.717, 1.165) is 63.1 Å². The monoisotopic (exact) mass is 394 g/mol. The Bertz CT molecular complexity index is 812. The average molecular weight is 395 g/mol. The highest BCUT2D eigenvalue weighted by atomic mass is 16.3. The Kier molecular flexibility index (Phi) is 6.96. The molecule has 0 saturated carbocycles. The van der Waals surface area contributed by atoms with Crippen LogP contribution in [0.2, 0.25) is 0 Å².